The summed E-state index contributed by atoms with van der Waals surface area (Å²) in [5.74, 6) is -1.73. The Labute approximate surface area is 129 Å². The molecule has 0 saturated carbocycles. The van der Waals surface area contributed by atoms with E-state index in [0.29, 0.717) is 21.3 Å². The molecule has 1 aromatic heterocycles. The third-order valence-electron chi connectivity index (χ3n) is 2.52. The van der Waals surface area contributed by atoms with Crippen molar-refractivity contribution < 1.29 is 14.7 Å². The molecule has 0 atom stereocenters. The number of amides is 1. The summed E-state index contributed by atoms with van der Waals surface area (Å²) in [6, 6.07) is 6.38. The predicted molar refractivity (Wildman–Crippen MR) is 77.5 cm³/mol. The monoisotopic (exact) mass is 325 g/mol. The minimum atomic E-state index is -1.14. The van der Waals surface area contributed by atoms with Gasteiger partial charge in [-0.15, -0.1) is 0 Å². The summed E-state index contributed by atoms with van der Waals surface area (Å²) in [5, 5.41) is 11.5. The van der Waals surface area contributed by atoms with Crippen LogP contribution in [0.2, 0.25) is 10.0 Å². The fourth-order valence-corrected chi connectivity index (χ4v) is 1.84. The maximum atomic E-state index is 11.7. The van der Waals surface area contributed by atoms with Crippen molar-refractivity contribution in [3.8, 4) is 11.3 Å². The molecule has 0 fully saturated rings. The molecule has 0 saturated heterocycles. The molecular weight excluding hydrogens is 317 g/mol. The van der Waals surface area contributed by atoms with Crippen LogP contribution in [0.1, 0.15) is 10.5 Å². The summed E-state index contributed by atoms with van der Waals surface area (Å²) in [7, 11) is 0. The van der Waals surface area contributed by atoms with Gasteiger partial charge < -0.3 is 10.4 Å². The number of hydrogen-bond acceptors (Lipinski definition) is 4. The summed E-state index contributed by atoms with van der Waals surface area (Å²) < 4.78 is 0. The van der Waals surface area contributed by atoms with E-state index in [1.54, 1.807) is 18.2 Å². The first-order valence-electron chi connectivity index (χ1n) is 5.75. The molecular formula is C13H9Cl2N3O3. The zero-order valence-electron chi connectivity index (χ0n) is 10.5. The zero-order chi connectivity index (χ0) is 15.4. The van der Waals surface area contributed by atoms with Gasteiger partial charge in [0.25, 0.3) is 5.91 Å². The number of carboxylic acid groups (broad SMARTS) is 1. The van der Waals surface area contributed by atoms with Crippen molar-refractivity contribution in [2.75, 3.05) is 6.54 Å². The smallest absolute Gasteiger partial charge is 0.322 e. The Hall–Kier alpha value is -2.18. The van der Waals surface area contributed by atoms with Gasteiger partial charge >= 0.3 is 5.97 Å². The van der Waals surface area contributed by atoms with Crippen LogP contribution in [0.5, 0.6) is 0 Å². The van der Waals surface area contributed by atoms with Crippen molar-refractivity contribution in [3.63, 3.8) is 0 Å². The van der Waals surface area contributed by atoms with E-state index in [-0.39, 0.29) is 5.69 Å². The number of hydrogen-bond donors (Lipinski definition) is 2. The lowest BCUT2D eigenvalue weighted by Crippen LogP contribution is -2.29. The fourth-order valence-electron chi connectivity index (χ4n) is 1.54. The molecule has 0 aliphatic heterocycles. The molecule has 2 rings (SSSR count). The van der Waals surface area contributed by atoms with Crippen molar-refractivity contribution in [1.82, 2.24) is 15.3 Å². The second kappa shape index (κ2) is 6.51. The highest BCUT2D eigenvalue weighted by Crippen LogP contribution is 2.27. The molecule has 2 aromatic rings. The van der Waals surface area contributed by atoms with Crippen molar-refractivity contribution in [3.05, 3.63) is 46.3 Å². The standard InChI is InChI=1S/C13H9Cl2N3O3/c14-8-2-1-7(3-9(8)15)10-4-11(18-6-17-10)13(21)16-5-12(19)20/h1-4,6H,5H2,(H,16,21)(H,19,20). The van der Waals surface area contributed by atoms with E-state index in [2.05, 4.69) is 15.3 Å². The Morgan fingerprint density at radius 1 is 1.14 bits per heavy atom. The van der Waals surface area contributed by atoms with Crippen molar-refractivity contribution in [1.29, 1.82) is 0 Å². The van der Waals surface area contributed by atoms with Crippen LogP contribution in [-0.4, -0.2) is 33.5 Å². The molecule has 8 heteroatoms. The van der Waals surface area contributed by atoms with E-state index in [9.17, 15) is 9.59 Å². The highest BCUT2D eigenvalue weighted by Gasteiger charge is 2.11. The normalized spacial score (nSPS) is 10.2. The molecule has 2 N–H and O–H groups in total. The number of carbonyl (C=O) groups is 2. The number of halogens is 2. The molecule has 21 heavy (non-hydrogen) atoms. The van der Waals surface area contributed by atoms with Crippen LogP contribution in [0, 0.1) is 0 Å². The molecule has 0 aliphatic rings. The molecule has 108 valence electrons. The first-order chi connectivity index (χ1) is 9.97. The minimum absolute atomic E-state index is 0.0623. The lowest BCUT2D eigenvalue weighted by atomic mass is 10.1. The number of nitrogens with zero attached hydrogens (tertiary/aromatic N) is 2. The summed E-state index contributed by atoms with van der Waals surface area (Å²) in [5.41, 5.74) is 1.20. The van der Waals surface area contributed by atoms with Gasteiger partial charge in [0.1, 0.15) is 18.6 Å². The van der Waals surface area contributed by atoms with E-state index in [0.717, 1.165) is 0 Å². The average molecular weight is 326 g/mol. The zero-order valence-corrected chi connectivity index (χ0v) is 12.0. The van der Waals surface area contributed by atoms with E-state index < -0.39 is 18.4 Å². The SMILES string of the molecule is O=C(O)CNC(=O)c1cc(-c2ccc(Cl)c(Cl)c2)ncn1. The first-order valence-corrected chi connectivity index (χ1v) is 6.50. The van der Waals surface area contributed by atoms with E-state index in [1.807, 2.05) is 0 Å². The van der Waals surface area contributed by atoms with E-state index in [4.69, 9.17) is 28.3 Å². The molecule has 0 bridgehead atoms. The van der Waals surface area contributed by atoms with Crippen molar-refractivity contribution in [2.24, 2.45) is 0 Å². The first kappa shape index (κ1) is 15.2. The molecule has 1 aromatic carbocycles. The van der Waals surface area contributed by atoms with Gasteiger partial charge in [0, 0.05) is 5.56 Å². The number of benzene rings is 1. The lowest BCUT2D eigenvalue weighted by Gasteiger charge is -2.05. The van der Waals surface area contributed by atoms with Crippen molar-refractivity contribution >= 4 is 35.1 Å². The Balaban J connectivity index is 2.26. The minimum Gasteiger partial charge on any atom is -0.480 e. The topological polar surface area (TPSA) is 92.2 Å². The molecule has 6 nitrogen and oxygen atoms in total. The van der Waals surface area contributed by atoms with Gasteiger partial charge in [0.05, 0.1) is 15.7 Å². The number of aromatic nitrogens is 2. The molecule has 0 aliphatic carbocycles. The van der Waals surface area contributed by atoms with Gasteiger partial charge in [-0.25, -0.2) is 9.97 Å². The summed E-state index contributed by atoms with van der Waals surface area (Å²) >= 11 is 11.8. The second-order valence-electron chi connectivity index (χ2n) is 3.99. The molecule has 0 unspecified atom stereocenters. The Morgan fingerprint density at radius 2 is 1.90 bits per heavy atom. The third-order valence-corrected chi connectivity index (χ3v) is 3.25. The Morgan fingerprint density at radius 3 is 2.57 bits per heavy atom. The van der Waals surface area contributed by atoms with Gasteiger partial charge in [0.15, 0.2) is 0 Å². The van der Waals surface area contributed by atoms with Crippen LogP contribution >= 0.6 is 23.2 Å². The molecule has 1 amide bonds. The van der Waals surface area contributed by atoms with E-state index >= 15 is 0 Å². The number of carboxylic acids is 1. The van der Waals surface area contributed by atoms with Crippen molar-refractivity contribution in [2.45, 2.75) is 0 Å². The molecule has 1 heterocycles. The molecule has 0 spiro atoms. The highest BCUT2D eigenvalue weighted by molar-refractivity contribution is 6.42. The number of aliphatic carboxylic acids is 1. The average Bonchev–Trinajstić information content (AvgIpc) is 2.47. The quantitative estimate of drug-likeness (QED) is 0.899. The Bertz CT molecular complexity index is 707. The number of nitrogens with one attached hydrogen (secondary N) is 1. The summed E-state index contributed by atoms with van der Waals surface area (Å²) in [6.07, 6.45) is 1.22. The van der Waals surface area contributed by atoms with E-state index in [1.165, 1.54) is 12.4 Å². The van der Waals surface area contributed by atoms with Crippen LogP contribution in [0.3, 0.4) is 0 Å². The fraction of sp³-hybridized carbons (Fsp3) is 0.0769. The van der Waals surface area contributed by atoms with Gasteiger partial charge in [-0.05, 0) is 18.2 Å². The van der Waals surface area contributed by atoms with Gasteiger partial charge in [-0.1, -0.05) is 29.3 Å². The maximum absolute atomic E-state index is 11.7. The number of carbonyl (C=O) groups excluding carboxylic acids is 1. The molecule has 0 radical (unpaired) electrons. The van der Waals surface area contributed by atoms with Crippen LogP contribution in [0.4, 0.5) is 0 Å². The number of rotatable bonds is 4. The highest BCUT2D eigenvalue weighted by atomic mass is 35.5. The predicted octanol–water partition coefficient (Wildman–Crippen LogP) is 2.26. The summed E-state index contributed by atoms with van der Waals surface area (Å²) in [6.45, 7) is -0.481. The second-order valence-corrected chi connectivity index (χ2v) is 4.81. The van der Waals surface area contributed by atoms with Crippen LogP contribution in [-0.2, 0) is 4.79 Å². The van der Waals surface area contributed by atoms with Gasteiger partial charge in [0.2, 0.25) is 0 Å². The van der Waals surface area contributed by atoms with Crippen LogP contribution in [0.25, 0.3) is 11.3 Å². The third kappa shape index (κ3) is 3.90. The summed E-state index contributed by atoms with van der Waals surface area (Å²) in [4.78, 5) is 30.0. The largest absolute Gasteiger partial charge is 0.480 e. The van der Waals surface area contributed by atoms with Gasteiger partial charge in [-0.3, -0.25) is 9.59 Å². The van der Waals surface area contributed by atoms with Crippen LogP contribution in [0.15, 0.2) is 30.6 Å². The van der Waals surface area contributed by atoms with Gasteiger partial charge in [-0.2, -0.15) is 0 Å². The lowest BCUT2D eigenvalue weighted by molar-refractivity contribution is -0.135. The maximum Gasteiger partial charge on any atom is 0.322 e. The Kier molecular flexibility index (Phi) is 4.72. The van der Waals surface area contributed by atoms with Crippen LogP contribution < -0.4 is 5.32 Å².